The van der Waals surface area contributed by atoms with Gasteiger partial charge in [0, 0.05) is 26.9 Å². The number of sulfone groups is 1. The summed E-state index contributed by atoms with van der Waals surface area (Å²) in [6.45, 7) is 0. The van der Waals surface area contributed by atoms with E-state index >= 15 is 0 Å². The van der Waals surface area contributed by atoms with Gasteiger partial charge in [-0.15, -0.1) is 22.7 Å². The Morgan fingerprint density at radius 2 is 1.86 bits per heavy atom. The van der Waals surface area contributed by atoms with Crippen molar-refractivity contribution in [2.45, 2.75) is 30.4 Å². The average Bonchev–Trinajstić information content (AvgIpc) is 3.35. The molecular formula is C20H19NO4S3. The average molecular weight is 434 g/mol. The molecule has 0 amide bonds. The van der Waals surface area contributed by atoms with Gasteiger partial charge in [0.15, 0.2) is 9.84 Å². The van der Waals surface area contributed by atoms with Crippen LogP contribution in [0.4, 0.5) is 0 Å². The van der Waals surface area contributed by atoms with E-state index in [2.05, 4.69) is 4.98 Å². The molecule has 0 aliphatic carbocycles. The van der Waals surface area contributed by atoms with Gasteiger partial charge in [0.25, 0.3) is 0 Å². The van der Waals surface area contributed by atoms with Crippen molar-refractivity contribution in [1.82, 2.24) is 4.98 Å². The van der Waals surface area contributed by atoms with Crippen LogP contribution in [-0.2, 0) is 19.4 Å². The molecule has 0 radical (unpaired) electrons. The van der Waals surface area contributed by atoms with E-state index in [4.69, 9.17) is 0 Å². The van der Waals surface area contributed by atoms with Crippen LogP contribution < -0.4 is 0 Å². The molecule has 4 rings (SSSR count). The van der Waals surface area contributed by atoms with Crippen molar-refractivity contribution < 1.29 is 18.3 Å². The summed E-state index contributed by atoms with van der Waals surface area (Å²) in [5.41, 5.74) is 2.02. The lowest BCUT2D eigenvalue weighted by Gasteiger charge is -2.34. The first-order chi connectivity index (χ1) is 13.4. The van der Waals surface area contributed by atoms with Crippen LogP contribution in [0.1, 0.15) is 30.6 Å². The lowest BCUT2D eigenvalue weighted by Crippen LogP contribution is -2.41. The van der Waals surface area contributed by atoms with Crippen molar-refractivity contribution in [2.75, 3.05) is 5.75 Å². The number of carbonyl (C=O) groups is 1. The Bertz CT molecular complexity index is 1080. The van der Waals surface area contributed by atoms with Gasteiger partial charge in [-0.1, -0.05) is 30.7 Å². The Labute approximate surface area is 171 Å². The first kappa shape index (κ1) is 19.3. The van der Waals surface area contributed by atoms with E-state index in [-0.39, 0.29) is 12.2 Å². The van der Waals surface area contributed by atoms with Crippen molar-refractivity contribution in [3.05, 3.63) is 52.9 Å². The molecule has 1 aliphatic rings. The molecule has 28 heavy (non-hydrogen) atoms. The van der Waals surface area contributed by atoms with Gasteiger partial charge < -0.3 is 5.11 Å². The second-order valence-corrected chi connectivity index (χ2v) is 11.3. The largest absolute Gasteiger partial charge is 0.481 e. The van der Waals surface area contributed by atoms with Crippen molar-refractivity contribution in [3.63, 3.8) is 0 Å². The summed E-state index contributed by atoms with van der Waals surface area (Å²) in [4.78, 5) is 17.4. The highest BCUT2D eigenvalue weighted by molar-refractivity contribution is 7.92. The van der Waals surface area contributed by atoms with Crippen molar-refractivity contribution in [1.29, 1.82) is 0 Å². The zero-order valence-electron chi connectivity index (χ0n) is 15.0. The van der Waals surface area contributed by atoms with Crippen molar-refractivity contribution in [3.8, 4) is 21.0 Å². The molecule has 3 heterocycles. The number of aliphatic carboxylic acids is 1. The van der Waals surface area contributed by atoms with Crippen LogP contribution in [0, 0.1) is 0 Å². The van der Waals surface area contributed by atoms with E-state index in [1.165, 1.54) is 11.3 Å². The number of benzene rings is 1. The Morgan fingerprint density at radius 1 is 1.11 bits per heavy atom. The molecule has 2 aromatic heterocycles. The summed E-state index contributed by atoms with van der Waals surface area (Å²) in [6, 6.07) is 11.7. The predicted octanol–water partition coefficient (Wildman–Crippen LogP) is 4.81. The van der Waals surface area contributed by atoms with Gasteiger partial charge in [-0.25, -0.2) is 13.4 Å². The first-order valence-electron chi connectivity index (χ1n) is 8.96. The maximum Gasteiger partial charge on any atom is 0.305 e. The predicted molar refractivity (Wildman–Crippen MR) is 112 cm³/mol. The molecule has 1 N–H and O–H groups in total. The molecule has 1 aromatic carbocycles. The lowest BCUT2D eigenvalue weighted by atomic mass is 9.95. The monoisotopic (exact) mass is 433 g/mol. The molecule has 1 saturated heterocycles. The van der Waals surface area contributed by atoms with Gasteiger partial charge >= 0.3 is 5.97 Å². The number of carboxylic acid groups (broad SMARTS) is 1. The molecule has 0 saturated carbocycles. The number of nitrogens with zero attached hydrogens (tertiary/aromatic N) is 1. The fraction of sp³-hybridized carbons (Fsp3) is 0.300. The number of aromatic nitrogens is 1. The standard InChI is InChI=1S/C20H19NO4S3/c22-18(23)13-20(9-1-2-12-28(20,24)25)17-8-7-16(27-17)14-3-5-15(6-4-14)19-21-10-11-26-19/h3-8,10-11H,1-2,9,12-13H2,(H,22,23)/t20-/m0/s1. The highest BCUT2D eigenvalue weighted by Crippen LogP contribution is 2.47. The van der Waals surface area contributed by atoms with Gasteiger partial charge in [-0.3, -0.25) is 4.79 Å². The number of rotatable bonds is 5. The van der Waals surface area contributed by atoms with Crippen LogP contribution in [0.15, 0.2) is 48.0 Å². The van der Waals surface area contributed by atoms with Gasteiger partial charge in [0.05, 0.1) is 12.2 Å². The minimum atomic E-state index is -3.52. The minimum Gasteiger partial charge on any atom is -0.481 e. The van der Waals surface area contributed by atoms with E-state index in [0.29, 0.717) is 17.7 Å². The van der Waals surface area contributed by atoms with E-state index in [1.54, 1.807) is 23.6 Å². The summed E-state index contributed by atoms with van der Waals surface area (Å²) < 4.78 is 24.5. The lowest BCUT2D eigenvalue weighted by molar-refractivity contribution is -0.137. The van der Waals surface area contributed by atoms with Crippen molar-refractivity contribution >= 4 is 38.5 Å². The van der Waals surface area contributed by atoms with Crippen LogP contribution in [0.25, 0.3) is 21.0 Å². The molecule has 1 atom stereocenters. The van der Waals surface area contributed by atoms with Crippen LogP contribution in [0.2, 0.25) is 0 Å². The Kier molecular flexibility index (Phi) is 5.11. The third-order valence-corrected chi connectivity index (χ3v) is 10.1. The van der Waals surface area contributed by atoms with Crippen LogP contribution in [-0.4, -0.2) is 30.2 Å². The van der Waals surface area contributed by atoms with Crippen LogP contribution in [0.3, 0.4) is 0 Å². The van der Waals surface area contributed by atoms with Crippen LogP contribution >= 0.6 is 22.7 Å². The molecule has 3 aromatic rings. The SMILES string of the molecule is O=C(O)C[C@]1(c2ccc(-c3ccc(-c4nccs4)cc3)s2)CCCCS1(=O)=O. The van der Waals surface area contributed by atoms with E-state index in [9.17, 15) is 18.3 Å². The highest BCUT2D eigenvalue weighted by Gasteiger charge is 2.49. The topological polar surface area (TPSA) is 84.3 Å². The van der Waals surface area contributed by atoms with Gasteiger partial charge in [0.1, 0.15) is 9.75 Å². The molecule has 1 fully saturated rings. The molecule has 5 nitrogen and oxygen atoms in total. The number of thiazole rings is 1. The maximum absolute atomic E-state index is 12.9. The summed E-state index contributed by atoms with van der Waals surface area (Å²) in [5.74, 6) is -1.02. The van der Waals surface area contributed by atoms with E-state index in [1.807, 2.05) is 35.7 Å². The second kappa shape index (κ2) is 7.42. The maximum atomic E-state index is 12.9. The molecule has 1 aliphatic heterocycles. The molecular weight excluding hydrogens is 414 g/mol. The highest BCUT2D eigenvalue weighted by atomic mass is 32.2. The second-order valence-electron chi connectivity index (χ2n) is 6.92. The Balaban J connectivity index is 1.70. The quantitative estimate of drug-likeness (QED) is 0.624. The number of thiophene rings is 1. The molecule has 146 valence electrons. The third-order valence-electron chi connectivity index (χ3n) is 5.18. The third kappa shape index (κ3) is 3.40. The summed E-state index contributed by atoms with van der Waals surface area (Å²) in [7, 11) is -3.52. The van der Waals surface area contributed by atoms with Crippen LogP contribution in [0.5, 0.6) is 0 Å². The first-order valence-corrected chi connectivity index (χ1v) is 12.3. The molecule has 0 bridgehead atoms. The normalized spacial score (nSPS) is 21.4. The summed E-state index contributed by atoms with van der Waals surface area (Å²) in [6.07, 6.45) is 3.08. The Hall–Kier alpha value is -2.03. The number of hydrogen-bond donors (Lipinski definition) is 1. The van der Waals surface area contributed by atoms with E-state index in [0.717, 1.165) is 27.4 Å². The molecule has 8 heteroatoms. The molecule has 0 spiro atoms. The minimum absolute atomic E-state index is 0.0516. The van der Waals surface area contributed by atoms with Gasteiger partial charge in [-0.05, 0) is 30.5 Å². The van der Waals surface area contributed by atoms with Crippen molar-refractivity contribution in [2.24, 2.45) is 0 Å². The zero-order valence-corrected chi connectivity index (χ0v) is 17.4. The van der Waals surface area contributed by atoms with E-state index < -0.39 is 20.6 Å². The smallest absolute Gasteiger partial charge is 0.305 e. The fourth-order valence-corrected chi connectivity index (χ4v) is 8.16. The Morgan fingerprint density at radius 3 is 2.50 bits per heavy atom. The molecule has 0 unspecified atom stereocenters. The fourth-order valence-electron chi connectivity index (χ4n) is 3.74. The van der Waals surface area contributed by atoms with Gasteiger partial charge in [0.2, 0.25) is 0 Å². The number of carboxylic acids is 1. The van der Waals surface area contributed by atoms with Gasteiger partial charge in [-0.2, -0.15) is 0 Å². The zero-order chi connectivity index (χ0) is 19.8. The summed E-state index contributed by atoms with van der Waals surface area (Å²) in [5, 5.41) is 12.3. The number of hydrogen-bond acceptors (Lipinski definition) is 6. The summed E-state index contributed by atoms with van der Waals surface area (Å²) >= 11 is 2.96.